The lowest BCUT2D eigenvalue weighted by Gasteiger charge is -2.06. The van der Waals surface area contributed by atoms with E-state index >= 15 is 0 Å². The highest BCUT2D eigenvalue weighted by molar-refractivity contribution is 7.99. The molecule has 11 heteroatoms. The summed E-state index contributed by atoms with van der Waals surface area (Å²) < 4.78 is 30.0. The van der Waals surface area contributed by atoms with Crippen LogP contribution in [-0.2, 0) is 4.79 Å². The Morgan fingerprint density at radius 1 is 1.21 bits per heavy atom. The number of ether oxygens (including phenoxy) is 1. The maximum Gasteiger partial charge on any atom is 0.387 e. The molecule has 0 aliphatic heterocycles. The Labute approximate surface area is 162 Å². The zero-order valence-corrected chi connectivity index (χ0v) is 15.7. The lowest BCUT2D eigenvalue weighted by molar-refractivity contribution is -0.117. The molecule has 0 saturated carbocycles. The van der Waals surface area contributed by atoms with E-state index < -0.39 is 18.4 Å². The third-order valence-corrected chi connectivity index (χ3v) is 4.36. The Hall–Kier alpha value is -3.08. The van der Waals surface area contributed by atoms with Gasteiger partial charge >= 0.3 is 6.61 Å². The molecule has 8 nitrogen and oxygen atoms in total. The third-order valence-electron chi connectivity index (χ3n) is 3.53. The zero-order chi connectivity index (χ0) is 20.3. The smallest absolute Gasteiger partial charge is 0.387 e. The number of halogens is 2. The fourth-order valence-electron chi connectivity index (χ4n) is 2.36. The summed E-state index contributed by atoms with van der Waals surface area (Å²) in [6, 6.07) is 6.87. The molecule has 146 valence electrons. The Bertz CT molecular complexity index is 1020. The summed E-state index contributed by atoms with van der Waals surface area (Å²) in [5, 5.41) is 6.84. The molecule has 28 heavy (non-hydrogen) atoms. The summed E-state index contributed by atoms with van der Waals surface area (Å²) >= 11 is 1.06. The average molecular weight is 407 g/mol. The molecule has 0 bridgehead atoms. The van der Waals surface area contributed by atoms with Crippen molar-refractivity contribution in [2.75, 3.05) is 5.75 Å². The molecule has 0 aliphatic rings. The van der Waals surface area contributed by atoms with Crippen LogP contribution in [0.15, 0.2) is 35.5 Å². The van der Waals surface area contributed by atoms with Crippen LogP contribution in [0.4, 0.5) is 8.78 Å². The molecule has 2 aromatic heterocycles. The van der Waals surface area contributed by atoms with Gasteiger partial charge in [-0.05, 0) is 44.2 Å². The molecule has 2 heterocycles. The molecule has 3 aromatic rings. The van der Waals surface area contributed by atoms with Crippen molar-refractivity contribution in [1.29, 1.82) is 0 Å². The van der Waals surface area contributed by atoms with E-state index in [-0.39, 0.29) is 17.1 Å². The second kappa shape index (κ2) is 8.30. The normalized spacial score (nSPS) is 11.0. The van der Waals surface area contributed by atoms with Gasteiger partial charge in [-0.15, -0.1) is 5.10 Å². The largest absolute Gasteiger partial charge is 0.435 e. The number of hydrogen-bond acceptors (Lipinski definition) is 7. The first-order valence-corrected chi connectivity index (χ1v) is 9.03. The van der Waals surface area contributed by atoms with E-state index in [1.165, 1.54) is 24.3 Å². The number of nitrogens with zero attached hydrogens (tertiary/aromatic N) is 4. The second-order valence-electron chi connectivity index (χ2n) is 5.71. The monoisotopic (exact) mass is 407 g/mol. The highest BCUT2D eigenvalue weighted by atomic mass is 32.2. The van der Waals surface area contributed by atoms with Crippen LogP contribution in [0.1, 0.15) is 21.7 Å². The molecular formula is C17H15F2N5O3S. The van der Waals surface area contributed by atoms with Crippen LogP contribution in [0, 0.1) is 13.8 Å². The number of hydrogen-bond donors (Lipinski definition) is 1. The predicted molar refractivity (Wildman–Crippen MR) is 96.5 cm³/mol. The Kier molecular flexibility index (Phi) is 5.83. The Balaban J connectivity index is 1.56. The molecule has 0 saturated heterocycles. The molecule has 0 radical (unpaired) electrons. The van der Waals surface area contributed by atoms with Gasteiger partial charge in [-0.25, -0.2) is 9.50 Å². The third kappa shape index (κ3) is 4.80. The SMILES string of the molecule is Cc1cc(C)n2nc(SCC(=O)NC(=O)c3ccc(OC(F)F)cc3)nc2n1. The number of carbonyl (C=O) groups is 2. The lowest BCUT2D eigenvalue weighted by atomic mass is 10.2. The van der Waals surface area contributed by atoms with Crippen molar-refractivity contribution in [3.05, 3.63) is 47.3 Å². The number of amides is 2. The van der Waals surface area contributed by atoms with Gasteiger partial charge in [-0.2, -0.15) is 13.8 Å². The topological polar surface area (TPSA) is 98.5 Å². The zero-order valence-electron chi connectivity index (χ0n) is 14.8. The maximum atomic E-state index is 12.1. The van der Waals surface area contributed by atoms with Gasteiger partial charge in [0.2, 0.25) is 11.1 Å². The van der Waals surface area contributed by atoms with Gasteiger partial charge in [-0.3, -0.25) is 14.9 Å². The minimum atomic E-state index is -2.95. The molecule has 0 unspecified atom stereocenters. The molecule has 0 aliphatic carbocycles. The van der Waals surface area contributed by atoms with Gasteiger partial charge in [0, 0.05) is 17.0 Å². The van der Waals surface area contributed by atoms with Crippen molar-refractivity contribution in [2.45, 2.75) is 25.6 Å². The first kappa shape index (κ1) is 19.7. The van der Waals surface area contributed by atoms with E-state index in [0.717, 1.165) is 23.1 Å². The molecule has 1 N–H and O–H groups in total. The molecule has 0 spiro atoms. The molecular weight excluding hydrogens is 392 g/mol. The minimum Gasteiger partial charge on any atom is -0.435 e. The summed E-state index contributed by atoms with van der Waals surface area (Å²) in [6.45, 7) is 0.766. The number of benzene rings is 1. The lowest BCUT2D eigenvalue weighted by Crippen LogP contribution is -2.31. The standard InChI is InChI=1S/C17H15F2N5O3S/c1-9-7-10(2)24-16(20-9)22-17(23-24)28-8-13(25)21-14(26)11-3-5-12(6-4-11)27-15(18)19/h3-7,15H,8H2,1-2H3,(H,21,25,26). The number of fused-ring (bicyclic) bond motifs is 1. The predicted octanol–water partition coefficient (Wildman–Crippen LogP) is 2.39. The van der Waals surface area contributed by atoms with Crippen molar-refractivity contribution in [1.82, 2.24) is 24.9 Å². The van der Waals surface area contributed by atoms with Crippen molar-refractivity contribution in [3.63, 3.8) is 0 Å². The van der Waals surface area contributed by atoms with Crippen molar-refractivity contribution >= 4 is 29.4 Å². The number of imide groups is 1. The van der Waals surface area contributed by atoms with Crippen molar-refractivity contribution in [2.24, 2.45) is 0 Å². The number of aromatic nitrogens is 4. The Morgan fingerprint density at radius 2 is 1.93 bits per heavy atom. The number of thioether (sulfide) groups is 1. The highest BCUT2D eigenvalue weighted by Crippen LogP contribution is 2.16. The van der Waals surface area contributed by atoms with Crippen LogP contribution in [-0.4, -0.2) is 43.8 Å². The second-order valence-corrected chi connectivity index (χ2v) is 6.66. The number of aryl methyl sites for hydroxylation is 2. The fourth-order valence-corrected chi connectivity index (χ4v) is 2.98. The van der Waals surface area contributed by atoms with E-state index in [4.69, 9.17) is 0 Å². The van der Waals surface area contributed by atoms with Gasteiger partial charge in [0.1, 0.15) is 5.75 Å². The summed E-state index contributed by atoms with van der Waals surface area (Å²) in [4.78, 5) is 32.5. The van der Waals surface area contributed by atoms with E-state index in [1.54, 1.807) is 4.52 Å². The summed E-state index contributed by atoms with van der Waals surface area (Å²) in [5.74, 6) is -0.909. The van der Waals surface area contributed by atoms with E-state index in [1.807, 2.05) is 19.9 Å². The average Bonchev–Trinajstić information content (AvgIpc) is 3.03. The van der Waals surface area contributed by atoms with Crippen LogP contribution in [0.5, 0.6) is 5.75 Å². The highest BCUT2D eigenvalue weighted by Gasteiger charge is 2.14. The number of rotatable bonds is 6. The minimum absolute atomic E-state index is 0.0762. The van der Waals surface area contributed by atoms with Crippen molar-refractivity contribution < 1.29 is 23.1 Å². The molecule has 3 rings (SSSR count). The molecule has 2 amide bonds. The summed E-state index contributed by atoms with van der Waals surface area (Å²) in [7, 11) is 0. The van der Waals surface area contributed by atoms with Gasteiger partial charge in [-0.1, -0.05) is 11.8 Å². The van der Waals surface area contributed by atoms with Gasteiger partial charge in [0.15, 0.2) is 0 Å². The number of alkyl halides is 2. The van der Waals surface area contributed by atoms with E-state index in [9.17, 15) is 18.4 Å². The van der Waals surface area contributed by atoms with E-state index in [2.05, 4.69) is 25.1 Å². The first-order chi connectivity index (χ1) is 13.3. The maximum absolute atomic E-state index is 12.1. The van der Waals surface area contributed by atoms with E-state index in [0.29, 0.717) is 10.9 Å². The summed E-state index contributed by atoms with van der Waals surface area (Å²) in [5.41, 5.74) is 1.81. The van der Waals surface area contributed by atoms with Gasteiger partial charge in [0.05, 0.1) is 5.75 Å². The molecule has 1 aromatic carbocycles. The van der Waals surface area contributed by atoms with Crippen molar-refractivity contribution in [3.8, 4) is 5.75 Å². The quantitative estimate of drug-likeness (QED) is 0.627. The van der Waals surface area contributed by atoms with Crippen LogP contribution in [0.3, 0.4) is 0 Å². The van der Waals surface area contributed by atoms with Crippen LogP contribution < -0.4 is 10.1 Å². The van der Waals surface area contributed by atoms with Crippen LogP contribution >= 0.6 is 11.8 Å². The van der Waals surface area contributed by atoms with Crippen LogP contribution in [0.2, 0.25) is 0 Å². The number of nitrogens with one attached hydrogen (secondary N) is 1. The van der Waals surface area contributed by atoms with Gasteiger partial charge < -0.3 is 4.74 Å². The molecule has 0 fully saturated rings. The van der Waals surface area contributed by atoms with Gasteiger partial charge in [0.25, 0.3) is 11.7 Å². The molecule has 0 atom stereocenters. The Morgan fingerprint density at radius 3 is 2.61 bits per heavy atom. The first-order valence-electron chi connectivity index (χ1n) is 8.04. The number of carbonyl (C=O) groups excluding carboxylic acids is 2. The van der Waals surface area contributed by atoms with Crippen LogP contribution in [0.25, 0.3) is 5.78 Å². The summed E-state index contributed by atoms with van der Waals surface area (Å²) in [6.07, 6.45) is 0. The fraction of sp³-hybridized carbons (Fsp3) is 0.235.